The average molecular weight is 325 g/mol. The normalized spacial score (nSPS) is 23.9. The van der Waals surface area contributed by atoms with Gasteiger partial charge in [-0.15, -0.1) is 0 Å². The molecule has 0 spiro atoms. The Morgan fingerprint density at radius 2 is 2.09 bits per heavy atom. The van der Waals surface area contributed by atoms with Crippen molar-refractivity contribution in [2.45, 2.75) is 24.8 Å². The van der Waals surface area contributed by atoms with E-state index in [1.165, 1.54) is 4.31 Å². The molecule has 0 bridgehead atoms. The van der Waals surface area contributed by atoms with Gasteiger partial charge in [0, 0.05) is 27.2 Å². The van der Waals surface area contributed by atoms with Crippen LogP contribution in [0.25, 0.3) is 0 Å². The molecule has 1 aliphatic heterocycles. The molecule has 0 amide bonds. The van der Waals surface area contributed by atoms with Crippen molar-refractivity contribution in [1.29, 1.82) is 0 Å². The highest BCUT2D eigenvalue weighted by Gasteiger charge is 2.25. The van der Waals surface area contributed by atoms with Crippen LogP contribution in [-0.2, 0) is 16.6 Å². The Kier molecular flexibility index (Phi) is 5.60. The van der Waals surface area contributed by atoms with Gasteiger partial charge in [-0.25, -0.2) is 12.7 Å². The predicted molar refractivity (Wildman–Crippen MR) is 88.9 cm³/mol. The number of likely N-dealkylation sites (tertiary alicyclic amines) is 1. The number of rotatable bonds is 5. The molecule has 2 unspecified atom stereocenters. The molecule has 22 heavy (non-hydrogen) atoms. The first-order valence-corrected chi connectivity index (χ1v) is 9.22. The maximum atomic E-state index is 12.2. The van der Waals surface area contributed by atoms with Gasteiger partial charge in [-0.2, -0.15) is 0 Å². The van der Waals surface area contributed by atoms with Crippen molar-refractivity contribution in [3.05, 3.63) is 29.8 Å². The summed E-state index contributed by atoms with van der Waals surface area (Å²) in [6, 6.07) is 7.24. The summed E-state index contributed by atoms with van der Waals surface area (Å²) in [5.41, 5.74) is 6.89. The Balaban J connectivity index is 2.11. The van der Waals surface area contributed by atoms with Gasteiger partial charge in [0.2, 0.25) is 10.0 Å². The van der Waals surface area contributed by atoms with Crippen molar-refractivity contribution in [3.8, 4) is 0 Å². The van der Waals surface area contributed by atoms with E-state index in [1.54, 1.807) is 26.2 Å². The molecule has 1 saturated heterocycles. The van der Waals surface area contributed by atoms with Crippen molar-refractivity contribution < 1.29 is 8.42 Å². The first-order chi connectivity index (χ1) is 10.3. The first kappa shape index (κ1) is 17.4. The molecule has 0 radical (unpaired) electrons. The Morgan fingerprint density at radius 3 is 2.73 bits per heavy atom. The Bertz CT molecular complexity index is 601. The third-order valence-electron chi connectivity index (χ3n) is 4.58. The van der Waals surface area contributed by atoms with Crippen LogP contribution >= 0.6 is 0 Å². The van der Waals surface area contributed by atoms with Crippen LogP contribution < -0.4 is 5.73 Å². The lowest BCUT2D eigenvalue weighted by molar-refractivity contribution is 0.126. The van der Waals surface area contributed by atoms with E-state index in [0.29, 0.717) is 23.3 Å². The molecular weight excluding hydrogens is 298 g/mol. The summed E-state index contributed by atoms with van der Waals surface area (Å²) in [5, 5.41) is 0. The maximum absolute atomic E-state index is 12.2. The molecule has 2 atom stereocenters. The van der Waals surface area contributed by atoms with Crippen molar-refractivity contribution in [3.63, 3.8) is 0 Å². The van der Waals surface area contributed by atoms with Crippen molar-refractivity contribution in [2.75, 3.05) is 33.7 Å². The molecule has 0 aliphatic carbocycles. The van der Waals surface area contributed by atoms with Gasteiger partial charge in [0.1, 0.15) is 0 Å². The van der Waals surface area contributed by atoms with Crippen LogP contribution in [0.1, 0.15) is 18.9 Å². The minimum Gasteiger partial charge on any atom is -0.330 e. The summed E-state index contributed by atoms with van der Waals surface area (Å²) in [6.45, 7) is 5.79. The standard InChI is InChI=1S/C16H27N3O2S/c1-13-7-8-19(12-15(13)10-17)11-14-5-4-6-16(9-14)22(20,21)18(2)3/h4-6,9,13,15H,7-8,10-12,17H2,1-3H3. The highest BCUT2D eigenvalue weighted by atomic mass is 32.2. The largest absolute Gasteiger partial charge is 0.330 e. The van der Waals surface area contributed by atoms with Gasteiger partial charge >= 0.3 is 0 Å². The number of hydrogen-bond donors (Lipinski definition) is 1. The molecule has 0 aromatic heterocycles. The SMILES string of the molecule is CC1CCN(Cc2cccc(S(=O)(=O)N(C)C)c2)CC1CN. The fourth-order valence-electron chi connectivity index (χ4n) is 2.95. The third kappa shape index (κ3) is 3.87. The molecule has 5 nitrogen and oxygen atoms in total. The van der Waals surface area contributed by atoms with E-state index in [1.807, 2.05) is 12.1 Å². The zero-order chi connectivity index (χ0) is 16.3. The minimum absolute atomic E-state index is 0.357. The second-order valence-electron chi connectivity index (χ2n) is 6.43. The number of nitrogens with zero attached hydrogens (tertiary/aromatic N) is 2. The van der Waals surface area contributed by atoms with E-state index in [9.17, 15) is 8.42 Å². The van der Waals surface area contributed by atoms with Gasteiger partial charge in [0.15, 0.2) is 0 Å². The van der Waals surface area contributed by atoms with E-state index in [2.05, 4.69) is 11.8 Å². The summed E-state index contributed by atoms with van der Waals surface area (Å²) in [5.74, 6) is 1.20. The van der Waals surface area contributed by atoms with Crippen molar-refractivity contribution in [1.82, 2.24) is 9.21 Å². The van der Waals surface area contributed by atoms with Gasteiger partial charge in [0.25, 0.3) is 0 Å². The van der Waals surface area contributed by atoms with Gasteiger partial charge in [-0.1, -0.05) is 19.1 Å². The van der Waals surface area contributed by atoms with Crippen molar-refractivity contribution >= 4 is 10.0 Å². The van der Waals surface area contributed by atoms with E-state index in [4.69, 9.17) is 5.73 Å². The Hall–Kier alpha value is -0.950. The second-order valence-corrected chi connectivity index (χ2v) is 8.58. The summed E-state index contributed by atoms with van der Waals surface area (Å²) in [4.78, 5) is 2.73. The van der Waals surface area contributed by atoms with Gasteiger partial charge in [0.05, 0.1) is 4.90 Å². The summed E-state index contributed by atoms with van der Waals surface area (Å²) < 4.78 is 25.7. The highest BCUT2D eigenvalue weighted by Crippen LogP contribution is 2.24. The van der Waals surface area contributed by atoms with Crippen molar-refractivity contribution in [2.24, 2.45) is 17.6 Å². The lowest BCUT2D eigenvalue weighted by atomic mass is 9.87. The van der Waals surface area contributed by atoms with E-state index in [0.717, 1.165) is 31.6 Å². The molecule has 1 aliphatic rings. The molecule has 124 valence electrons. The zero-order valence-electron chi connectivity index (χ0n) is 13.7. The van der Waals surface area contributed by atoms with Crippen LogP contribution in [0, 0.1) is 11.8 Å². The van der Waals surface area contributed by atoms with E-state index >= 15 is 0 Å². The monoisotopic (exact) mass is 325 g/mol. The Labute approximate surface area is 134 Å². The number of nitrogens with two attached hydrogens (primary N) is 1. The molecule has 1 aromatic carbocycles. The molecule has 2 rings (SSSR count). The second kappa shape index (κ2) is 7.08. The number of benzene rings is 1. The summed E-state index contributed by atoms with van der Waals surface area (Å²) >= 11 is 0. The smallest absolute Gasteiger partial charge is 0.242 e. The molecular formula is C16H27N3O2S. The number of piperidine rings is 1. The molecule has 1 heterocycles. The molecule has 6 heteroatoms. The third-order valence-corrected chi connectivity index (χ3v) is 6.40. The van der Waals surface area contributed by atoms with Crippen LogP contribution in [0.15, 0.2) is 29.2 Å². The first-order valence-electron chi connectivity index (χ1n) is 7.78. The topological polar surface area (TPSA) is 66.6 Å². The minimum atomic E-state index is -3.37. The van der Waals surface area contributed by atoms with Gasteiger partial charge < -0.3 is 5.73 Å². The fourth-order valence-corrected chi connectivity index (χ4v) is 3.92. The summed E-state index contributed by atoms with van der Waals surface area (Å²) in [6.07, 6.45) is 1.15. The van der Waals surface area contributed by atoms with Crippen LogP contribution in [0.4, 0.5) is 0 Å². The molecule has 2 N–H and O–H groups in total. The van der Waals surface area contributed by atoms with E-state index < -0.39 is 10.0 Å². The van der Waals surface area contributed by atoms with Crippen LogP contribution in [-0.4, -0.2) is 51.4 Å². The molecule has 1 aromatic rings. The summed E-state index contributed by atoms with van der Waals surface area (Å²) in [7, 11) is -0.259. The predicted octanol–water partition coefficient (Wildman–Crippen LogP) is 1.35. The highest BCUT2D eigenvalue weighted by molar-refractivity contribution is 7.89. The van der Waals surface area contributed by atoms with Crippen LogP contribution in [0.5, 0.6) is 0 Å². The fraction of sp³-hybridized carbons (Fsp3) is 0.625. The zero-order valence-corrected chi connectivity index (χ0v) is 14.5. The lowest BCUT2D eigenvalue weighted by Gasteiger charge is -2.36. The van der Waals surface area contributed by atoms with Crippen LogP contribution in [0.3, 0.4) is 0 Å². The molecule has 0 saturated carbocycles. The van der Waals surface area contributed by atoms with Crippen LogP contribution in [0.2, 0.25) is 0 Å². The number of sulfonamides is 1. The maximum Gasteiger partial charge on any atom is 0.242 e. The number of hydrogen-bond acceptors (Lipinski definition) is 4. The van der Waals surface area contributed by atoms with Gasteiger partial charge in [-0.05, 0) is 49.0 Å². The lowest BCUT2D eigenvalue weighted by Crippen LogP contribution is -2.42. The Morgan fingerprint density at radius 1 is 1.36 bits per heavy atom. The quantitative estimate of drug-likeness (QED) is 0.887. The van der Waals surface area contributed by atoms with Gasteiger partial charge in [-0.3, -0.25) is 4.90 Å². The molecule has 1 fully saturated rings. The average Bonchev–Trinajstić information content (AvgIpc) is 2.49. The van der Waals surface area contributed by atoms with E-state index in [-0.39, 0.29) is 0 Å².